The Bertz CT molecular complexity index is 1290. The minimum absolute atomic E-state index is 0.0765. The molecule has 0 bridgehead atoms. The Kier molecular flexibility index (Phi) is 5.35. The summed E-state index contributed by atoms with van der Waals surface area (Å²) in [6.45, 7) is 9.22. The van der Waals surface area contributed by atoms with Crippen LogP contribution in [0.4, 0.5) is 13.2 Å². The van der Waals surface area contributed by atoms with E-state index in [1.54, 1.807) is 18.4 Å². The molecule has 0 saturated heterocycles. The van der Waals surface area contributed by atoms with Gasteiger partial charge in [-0.1, -0.05) is 52.0 Å². The molecule has 34 heavy (non-hydrogen) atoms. The monoisotopic (exact) mass is 502 g/mol. The molecular weight excluding hydrogens is 473 g/mol. The van der Waals surface area contributed by atoms with E-state index in [2.05, 4.69) is 45.9 Å². The quantitative estimate of drug-likeness (QED) is 0.353. The van der Waals surface area contributed by atoms with Gasteiger partial charge in [0.15, 0.2) is 0 Å². The maximum absolute atomic E-state index is 13.4. The second-order valence-electron chi connectivity index (χ2n) is 11.4. The number of fused-ring (bicyclic) bond motifs is 7. The van der Waals surface area contributed by atoms with Crippen LogP contribution in [0.2, 0.25) is 0 Å². The van der Waals surface area contributed by atoms with Crippen molar-refractivity contribution in [2.24, 2.45) is 10.8 Å². The number of thioether (sulfide) groups is 2. The lowest BCUT2D eigenvalue weighted by Gasteiger charge is -2.51. The largest absolute Gasteiger partial charge is 0.507 e. The van der Waals surface area contributed by atoms with Gasteiger partial charge in [-0.25, -0.2) is 0 Å². The van der Waals surface area contributed by atoms with Crippen LogP contribution in [0.1, 0.15) is 58.1 Å². The van der Waals surface area contributed by atoms with E-state index in [1.807, 2.05) is 12.1 Å². The molecule has 1 saturated carbocycles. The van der Waals surface area contributed by atoms with Gasteiger partial charge in [0.2, 0.25) is 0 Å². The molecule has 1 fully saturated rings. The highest BCUT2D eigenvalue weighted by Crippen LogP contribution is 2.65. The Morgan fingerprint density at radius 1 is 0.824 bits per heavy atom. The van der Waals surface area contributed by atoms with Crippen molar-refractivity contribution in [1.82, 2.24) is 0 Å². The molecule has 0 unspecified atom stereocenters. The van der Waals surface area contributed by atoms with Crippen LogP contribution in [-0.2, 0) is 5.41 Å². The van der Waals surface area contributed by atoms with Gasteiger partial charge in [-0.2, -0.15) is 13.2 Å². The van der Waals surface area contributed by atoms with Gasteiger partial charge in [-0.15, -0.1) is 11.8 Å². The third-order valence-electron chi connectivity index (χ3n) is 7.37. The van der Waals surface area contributed by atoms with Crippen molar-refractivity contribution in [2.45, 2.75) is 67.7 Å². The number of hydrogen-bond acceptors (Lipinski definition) is 3. The number of aromatic hydroxyl groups is 1. The first-order valence-electron chi connectivity index (χ1n) is 11.5. The van der Waals surface area contributed by atoms with E-state index in [4.69, 9.17) is 0 Å². The zero-order chi connectivity index (χ0) is 24.7. The number of hydrogen-bond donors (Lipinski definition) is 1. The smallest absolute Gasteiger partial charge is 0.446 e. The SMILES string of the molecule is CSc1cc2c(O)cc3c(c2cc1SC(F)(F)F)-c1ccccc1C31CC(C)(C)CC(C)(C)C1. The van der Waals surface area contributed by atoms with Crippen molar-refractivity contribution in [3.63, 3.8) is 0 Å². The van der Waals surface area contributed by atoms with E-state index in [9.17, 15) is 18.3 Å². The van der Waals surface area contributed by atoms with Gasteiger partial charge in [0.25, 0.3) is 0 Å². The van der Waals surface area contributed by atoms with Crippen LogP contribution in [0.3, 0.4) is 0 Å². The van der Waals surface area contributed by atoms with Gasteiger partial charge in [0.05, 0.1) is 0 Å². The molecule has 0 aromatic heterocycles. The highest BCUT2D eigenvalue weighted by atomic mass is 32.2. The number of phenolic OH excluding ortho intramolecular Hbond substituents is 1. The van der Waals surface area contributed by atoms with Gasteiger partial charge >= 0.3 is 5.51 Å². The topological polar surface area (TPSA) is 20.2 Å². The summed E-state index contributed by atoms with van der Waals surface area (Å²) in [4.78, 5) is 0.703. The molecule has 3 aromatic rings. The second-order valence-corrected chi connectivity index (χ2v) is 13.4. The van der Waals surface area contributed by atoms with E-state index in [1.165, 1.54) is 17.3 Å². The van der Waals surface area contributed by atoms with E-state index in [0.717, 1.165) is 36.0 Å². The first-order chi connectivity index (χ1) is 15.8. The Hall–Kier alpha value is -1.79. The summed E-state index contributed by atoms with van der Waals surface area (Å²) in [6, 6.07) is 13.6. The second kappa shape index (κ2) is 7.60. The van der Waals surface area contributed by atoms with Crippen molar-refractivity contribution >= 4 is 34.3 Å². The molecule has 5 rings (SSSR count). The van der Waals surface area contributed by atoms with E-state index in [0.29, 0.717) is 15.7 Å². The molecule has 6 heteroatoms. The third-order valence-corrected chi connectivity index (χ3v) is 9.07. The van der Waals surface area contributed by atoms with Crippen LogP contribution in [0.15, 0.2) is 52.3 Å². The highest BCUT2D eigenvalue weighted by Gasteiger charge is 2.53. The van der Waals surface area contributed by atoms with Crippen molar-refractivity contribution in [3.8, 4) is 16.9 Å². The first-order valence-corrected chi connectivity index (χ1v) is 13.5. The van der Waals surface area contributed by atoms with Crippen molar-refractivity contribution in [3.05, 3.63) is 53.6 Å². The number of rotatable bonds is 2. The van der Waals surface area contributed by atoms with Crippen LogP contribution in [0.25, 0.3) is 21.9 Å². The van der Waals surface area contributed by atoms with Crippen LogP contribution in [0, 0.1) is 10.8 Å². The number of halogens is 3. The summed E-state index contributed by atoms with van der Waals surface area (Å²) < 4.78 is 40.2. The van der Waals surface area contributed by atoms with Crippen molar-refractivity contribution in [2.75, 3.05) is 6.26 Å². The molecular formula is C28H29F3OS2. The minimum Gasteiger partial charge on any atom is -0.507 e. The number of alkyl halides is 3. The Morgan fingerprint density at radius 2 is 1.44 bits per heavy atom. The number of benzene rings is 3. The summed E-state index contributed by atoms with van der Waals surface area (Å²) in [6.07, 6.45) is 4.74. The molecule has 0 amide bonds. The zero-order valence-electron chi connectivity index (χ0n) is 20.1. The van der Waals surface area contributed by atoms with Crippen LogP contribution in [0.5, 0.6) is 5.75 Å². The molecule has 1 nitrogen and oxygen atoms in total. The van der Waals surface area contributed by atoms with Crippen LogP contribution < -0.4 is 0 Å². The van der Waals surface area contributed by atoms with Gasteiger partial charge in [0.1, 0.15) is 5.75 Å². The normalized spacial score (nSPS) is 19.9. The Balaban J connectivity index is 1.87. The van der Waals surface area contributed by atoms with Crippen molar-refractivity contribution < 1.29 is 18.3 Å². The summed E-state index contributed by atoms with van der Waals surface area (Å²) in [7, 11) is 0. The maximum Gasteiger partial charge on any atom is 0.446 e. The molecule has 0 heterocycles. The summed E-state index contributed by atoms with van der Waals surface area (Å²) in [5, 5.41) is 12.5. The molecule has 2 aliphatic carbocycles. The standard InChI is InChI=1S/C28H29F3OS2/c1-25(2)13-26(3,4)15-27(14-25)19-9-7-6-8-16(19)24-18-11-23(34-28(29,30)31)22(33-5)10-17(18)21(32)12-20(24)27/h6-12,32H,13-15H2,1-5H3. The third kappa shape index (κ3) is 3.81. The lowest BCUT2D eigenvalue weighted by molar-refractivity contribution is -0.0328. The molecule has 3 aromatic carbocycles. The predicted octanol–water partition coefficient (Wildman–Crippen LogP) is 9.38. The molecule has 1 spiro atoms. The maximum atomic E-state index is 13.4. The Labute approximate surface area is 207 Å². The fraction of sp³-hybridized carbons (Fsp3) is 0.429. The van der Waals surface area contributed by atoms with Crippen molar-refractivity contribution in [1.29, 1.82) is 0 Å². The van der Waals surface area contributed by atoms with Gasteiger partial charge in [-0.3, -0.25) is 0 Å². The molecule has 0 aliphatic heterocycles. The molecule has 180 valence electrons. The molecule has 1 N–H and O–H groups in total. The van der Waals surface area contributed by atoms with Crippen LogP contribution in [-0.4, -0.2) is 16.9 Å². The molecule has 2 aliphatic rings. The lowest BCUT2D eigenvalue weighted by Crippen LogP contribution is -2.43. The number of phenols is 1. The van der Waals surface area contributed by atoms with Crippen LogP contribution >= 0.6 is 23.5 Å². The lowest BCUT2D eigenvalue weighted by atomic mass is 9.52. The molecule has 0 atom stereocenters. The summed E-state index contributed by atoms with van der Waals surface area (Å²) in [5.74, 6) is 0.140. The molecule has 0 radical (unpaired) electrons. The first kappa shape index (κ1) is 23.9. The zero-order valence-corrected chi connectivity index (χ0v) is 21.7. The fourth-order valence-corrected chi connectivity index (χ4v) is 8.66. The van der Waals surface area contributed by atoms with Gasteiger partial charge < -0.3 is 5.11 Å². The summed E-state index contributed by atoms with van der Waals surface area (Å²) >= 11 is 1.19. The van der Waals surface area contributed by atoms with Gasteiger partial charge in [0, 0.05) is 20.6 Å². The highest BCUT2D eigenvalue weighted by molar-refractivity contribution is 8.02. The van der Waals surface area contributed by atoms with E-state index in [-0.39, 0.29) is 38.7 Å². The van der Waals surface area contributed by atoms with E-state index >= 15 is 0 Å². The summed E-state index contributed by atoms with van der Waals surface area (Å²) in [5.41, 5.74) is -0.143. The van der Waals surface area contributed by atoms with E-state index < -0.39 is 5.51 Å². The average Bonchev–Trinajstić information content (AvgIpc) is 2.93. The minimum atomic E-state index is -4.38. The Morgan fingerprint density at radius 3 is 2.06 bits per heavy atom. The fourth-order valence-electron chi connectivity index (χ4n) is 7.20. The predicted molar refractivity (Wildman–Crippen MR) is 137 cm³/mol. The van der Waals surface area contributed by atoms with Gasteiger partial charge in [-0.05, 0) is 93.9 Å². The average molecular weight is 503 g/mol.